The van der Waals surface area contributed by atoms with E-state index in [0.717, 1.165) is 12.2 Å². The van der Waals surface area contributed by atoms with Crippen LogP contribution in [-0.2, 0) is 4.79 Å². The molecule has 2 rings (SSSR count). The van der Waals surface area contributed by atoms with Crippen molar-refractivity contribution in [1.29, 1.82) is 0 Å². The van der Waals surface area contributed by atoms with E-state index in [1.165, 1.54) is 9.75 Å². The summed E-state index contributed by atoms with van der Waals surface area (Å²) in [6, 6.07) is 4.52. The third-order valence-corrected chi connectivity index (χ3v) is 5.93. The molecule has 2 heterocycles. The zero-order valence-corrected chi connectivity index (χ0v) is 14.5. The van der Waals surface area contributed by atoms with E-state index in [0.29, 0.717) is 0 Å². The molecule has 1 aliphatic rings. The summed E-state index contributed by atoms with van der Waals surface area (Å²) in [7, 11) is 0. The van der Waals surface area contributed by atoms with Crippen molar-refractivity contribution >= 4 is 29.0 Å². The van der Waals surface area contributed by atoms with Gasteiger partial charge in [-0.15, -0.1) is 11.3 Å². The van der Waals surface area contributed by atoms with Crippen LogP contribution in [0.5, 0.6) is 0 Å². The summed E-state index contributed by atoms with van der Waals surface area (Å²) in [5.74, 6) is 1.20. The Morgan fingerprint density at radius 3 is 2.75 bits per heavy atom. The van der Waals surface area contributed by atoms with Crippen LogP contribution in [-0.4, -0.2) is 34.4 Å². The van der Waals surface area contributed by atoms with Gasteiger partial charge in [-0.3, -0.25) is 10.1 Å². The van der Waals surface area contributed by atoms with Crippen molar-refractivity contribution in [2.24, 2.45) is 0 Å². The summed E-state index contributed by atoms with van der Waals surface area (Å²) in [6.45, 7) is 8.35. The Hall–Kier alpha value is -0.520. The number of rotatable bonds is 5. The molecule has 0 bridgehead atoms. The van der Waals surface area contributed by atoms with E-state index >= 15 is 0 Å². The predicted octanol–water partition coefficient (Wildman–Crippen LogP) is 3.41. The molecule has 0 aliphatic carbocycles. The predicted molar refractivity (Wildman–Crippen MR) is 88.3 cm³/mol. The lowest BCUT2D eigenvalue weighted by Crippen LogP contribution is -2.44. The van der Waals surface area contributed by atoms with Gasteiger partial charge in [0.1, 0.15) is 6.17 Å². The van der Waals surface area contributed by atoms with Crippen molar-refractivity contribution < 1.29 is 4.79 Å². The molecule has 1 aromatic heterocycles. The number of thioether (sulfide) groups is 1. The Labute approximate surface area is 130 Å². The quantitative estimate of drug-likeness (QED) is 0.904. The van der Waals surface area contributed by atoms with E-state index < -0.39 is 5.54 Å². The Kier molecular flexibility index (Phi) is 4.82. The first-order valence-electron chi connectivity index (χ1n) is 7.08. The van der Waals surface area contributed by atoms with Crippen molar-refractivity contribution in [3.8, 4) is 0 Å². The molecule has 0 spiro atoms. The minimum Gasteiger partial charge on any atom is -0.317 e. The Morgan fingerprint density at radius 1 is 1.55 bits per heavy atom. The minimum absolute atomic E-state index is 0.0216. The van der Waals surface area contributed by atoms with Crippen LogP contribution >= 0.6 is 23.1 Å². The highest BCUT2D eigenvalue weighted by Gasteiger charge is 2.49. The van der Waals surface area contributed by atoms with Crippen LogP contribution in [0, 0.1) is 6.92 Å². The lowest BCUT2D eigenvalue weighted by atomic mass is 9.99. The molecule has 5 heteroatoms. The molecular formula is C15H24N2OS2. The van der Waals surface area contributed by atoms with Gasteiger partial charge in [-0.25, -0.2) is 0 Å². The SMILES string of the molecule is CCC1(C)NC(c2ccc(C)s2)N(C(C)CSC)C1=O. The average molecular weight is 313 g/mol. The van der Waals surface area contributed by atoms with Crippen LogP contribution in [0.25, 0.3) is 0 Å². The van der Waals surface area contributed by atoms with Crippen LogP contribution in [0.2, 0.25) is 0 Å². The second-order valence-electron chi connectivity index (χ2n) is 5.70. The molecule has 3 nitrogen and oxygen atoms in total. The van der Waals surface area contributed by atoms with Gasteiger partial charge in [0, 0.05) is 21.5 Å². The zero-order chi connectivity index (χ0) is 14.9. The van der Waals surface area contributed by atoms with Crippen LogP contribution in [0.4, 0.5) is 0 Å². The molecule has 1 saturated heterocycles. The third-order valence-electron chi connectivity index (χ3n) is 4.06. The summed E-state index contributed by atoms with van der Waals surface area (Å²) in [5.41, 5.74) is -0.435. The fourth-order valence-corrected chi connectivity index (χ4v) is 4.24. The summed E-state index contributed by atoms with van der Waals surface area (Å²) in [4.78, 5) is 17.4. The van der Waals surface area contributed by atoms with Gasteiger partial charge in [0.15, 0.2) is 0 Å². The van der Waals surface area contributed by atoms with Gasteiger partial charge in [-0.1, -0.05) is 6.92 Å². The molecule has 1 N–H and O–H groups in total. The van der Waals surface area contributed by atoms with E-state index in [1.807, 2.05) is 11.8 Å². The molecule has 0 radical (unpaired) electrons. The fourth-order valence-electron chi connectivity index (χ4n) is 2.67. The fraction of sp³-hybridized carbons (Fsp3) is 0.667. The van der Waals surface area contributed by atoms with Crippen molar-refractivity contribution in [2.75, 3.05) is 12.0 Å². The number of carbonyl (C=O) groups excluding carboxylic acids is 1. The van der Waals surface area contributed by atoms with Gasteiger partial charge in [0.05, 0.1) is 5.54 Å². The summed E-state index contributed by atoms with van der Waals surface area (Å²) in [6.07, 6.45) is 2.93. The monoisotopic (exact) mass is 312 g/mol. The third kappa shape index (κ3) is 2.76. The number of carbonyl (C=O) groups is 1. The number of thiophene rings is 1. The van der Waals surface area contributed by atoms with Crippen molar-refractivity contribution in [3.05, 3.63) is 21.9 Å². The second kappa shape index (κ2) is 6.08. The van der Waals surface area contributed by atoms with Crippen LogP contribution in [0.1, 0.15) is 43.1 Å². The normalized spacial score (nSPS) is 28.1. The van der Waals surface area contributed by atoms with E-state index in [9.17, 15) is 4.79 Å². The molecule has 0 saturated carbocycles. The first-order chi connectivity index (χ1) is 9.42. The van der Waals surface area contributed by atoms with Gasteiger partial charge in [-0.2, -0.15) is 11.8 Å². The molecule has 3 atom stereocenters. The maximum Gasteiger partial charge on any atom is 0.244 e. The molecule has 1 fully saturated rings. The number of hydrogen-bond acceptors (Lipinski definition) is 4. The first kappa shape index (κ1) is 15.9. The molecule has 0 aromatic carbocycles. The van der Waals surface area contributed by atoms with Crippen molar-refractivity contribution in [3.63, 3.8) is 0 Å². The van der Waals surface area contributed by atoms with Crippen LogP contribution in [0.15, 0.2) is 12.1 Å². The number of hydrogen-bond donors (Lipinski definition) is 1. The van der Waals surface area contributed by atoms with Gasteiger partial charge in [0.25, 0.3) is 0 Å². The standard InChI is InChI=1S/C15H24N2OS2/c1-6-15(4)14(18)17(10(2)9-19-5)13(16-15)12-8-7-11(3)20-12/h7-8,10,13,16H,6,9H2,1-5H3. The molecule has 1 amide bonds. The smallest absolute Gasteiger partial charge is 0.244 e. The topological polar surface area (TPSA) is 32.3 Å². The van der Waals surface area contributed by atoms with Crippen LogP contribution in [0.3, 0.4) is 0 Å². The van der Waals surface area contributed by atoms with Crippen LogP contribution < -0.4 is 5.32 Å². The maximum absolute atomic E-state index is 12.8. The van der Waals surface area contributed by atoms with Gasteiger partial charge in [-0.05, 0) is 45.6 Å². The number of amides is 1. The lowest BCUT2D eigenvalue weighted by molar-refractivity contribution is -0.134. The molecule has 3 unspecified atom stereocenters. The highest BCUT2D eigenvalue weighted by atomic mass is 32.2. The van der Waals surface area contributed by atoms with E-state index in [4.69, 9.17) is 0 Å². The summed E-state index contributed by atoms with van der Waals surface area (Å²) >= 11 is 3.56. The highest BCUT2D eigenvalue weighted by molar-refractivity contribution is 7.98. The summed E-state index contributed by atoms with van der Waals surface area (Å²) < 4.78 is 0. The van der Waals surface area contributed by atoms with Crippen molar-refractivity contribution in [2.45, 2.75) is 51.9 Å². The van der Waals surface area contributed by atoms with E-state index in [-0.39, 0.29) is 18.1 Å². The Morgan fingerprint density at radius 2 is 2.25 bits per heavy atom. The molecule has 1 aromatic rings. The minimum atomic E-state index is -0.435. The van der Waals surface area contributed by atoms with E-state index in [2.05, 4.69) is 44.5 Å². The van der Waals surface area contributed by atoms with E-state index in [1.54, 1.807) is 23.1 Å². The first-order valence-corrected chi connectivity index (χ1v) is 9.29. The van der Waals surface area contributed by atoms with Crippen molar-refractivity contribution in [1.82, 2.24) is 10.2 Å². The van der Waals surface area contributed by atoms with Gasteiger partial charge >= 0.3 is 0 Å². The average Bonchev–Trinajstić information content (AvgIpc) is 2.94. The number of nitrogens with one attached hydrogen (secondary N) is 1. The molecule has 20 heavy (non-hydrogen) atoms. The highest BCUT2D eigenvalue weighted by Crippen LogP contribution is 2.37. The second-order valence-corrected chi connectivity index (χ2v) is 7.93. The molecular weight excluding hydrogens is 288 g/mol. The lowest BCUT2D eigenvalue weighted by Gasteiger charge is -2.29. The molecule has 112 valence electrons. The number of aryl methyl sites for hydroxylation is 1. The molecule has 1 aliphatic heterocycles. The Bertz CT molecular complexity index is 488. The van der Waals surface area contributed by atoms with Gasteiger partial charge < -0.3 is 4.90 Å². The maximum atomic E-state index is 12.8. The zero-order valence-electron chi connectivity index (χ0n) is 12.9. The largest absolute Gasteiger partial charge is 0.317 e. The number of nitrogens with zero attached hydrogens (tertiary/aromatic N) is 1. The summed E-state index contributed by atoms with van der Waals surface area (Å²) in [5, 5.41) is 3.56. The van der Waals surface area contributed by atoms with Gasteiger partial charge in [0.2, 0.25) is 5.91 Å². The Balaban J connectivity index is 2.34.